The lowest BCUT2D eigenvalue weighted by Crippen LogP contribution is -2.25. The van der Waals surface area contributed by atoms with Gasteiger partial charge >= 0.3 is 0 Å². The Labute approximate surface area is 142 Å². The standard InChI is InChI=1S/C18H20N2O3S/c1-3-14(23-15-8-6-7-13(2)11-15)12-19-18-16-9-4-5-10-17(16)24(21,22)20-18/h4-11,14H,3,12H2,1-2H3,(H,19,20). The Morgan fingerprint density at radius 2 is 1.96 bits per heavy atom. The maximum absolute atomic E-state index is 12.1. The van der Waals surface area contributed by atoms with Crippen LogP contribution < -0.4 is 9.46 Å². The maximum atomic E-state index is 12.1. The Morgan fingerprint density at radius 1 is 1.17 bits per heavy atom. The van der Waals surface area contributed by atoms with Crippen LogP contribution in [-0.2, 0) is 10.0 Å². The van der Waals surface area contributed by atoms with Gasteiger partial charge in [-0.15, -0.1) is 0 Å². The number of amidine groups is 1. The number of nitrogens with zero attached hydrogens (tertiary/aromatic N) is 1. The summed E-state index contributed by atoms with van der Waals surface area (Å²) in [5.41, 5.74) is 1.74. The zero-order valence-corrected chi connectivity index (χ0v) is 14.5. The number of ether oxygens (including phenoxy) is 1. The summed E-state index contributed by atoms with van der Waals surface area (Å²) in [4.78, 5) is 4.73. The van der Waals surface area contributed by atoms with Crippen LogP contribution in [0.3, 0.4) is 0 Å². The summed E-state index contributed by atoms with van der Waals surface area (Å²) in [7, 11) is -3.50. The van der Waals surface area contributed by atoms with Crippen molar-refractivity contribution in [2.24, 2.45) is 4.99 Å². The van der Waals surface area contributed by atoms with Crippen molar-refractivity contribution >= 4 is 15.9 Å². The van der Waals surface area contributed by atoms with Crippen LogP contribution in [-0.4, -0.2) is 26.9 Å². The minimum absolute atomic E-state index is 0.114. The Balaban J connectivity index is 1.77. The summed E-state index contributed by atoms with van der Waals surface area (Å²) in [5.74, 6) is 1.19. The summed E-state index contributed by atoms with van der Waals surface area (Å²) >= 11 is 0. The van der Waals surface area contributed by atoms with Gasteiger partial charge in [0.15, 0.2) is 0 Å². The van der Waals surface area contributed by atoms with E-state index in [1.807, 2.05) is 38.1 Å². The van der Waals surface area contributed by atoms with Crippen molar-refractivity contribution in [3.05, 3.63) is 59.7 Å². The van der Waals surface area contributed by atoms with E-state index in [0.29, 0.717) is 17.9 Å². The van der Waals surface area contributed by atoms with Crippen LogP contribution in [0.1, 0.15) is 24.5 Å². The van der Waals surface area contributed by atoms with Crippen LogP contribution in [0.15, 0.2) is 58.4 Å². The Morgan fingerprint density at radius 3 is 2.71 bits per heavy atom. The van der Waals surface area contributed by atoms with E-state index in [2.05, 4.69) is 9.71 Å². The van der Waals surface area contributed by atoms with Gasteiger partial charge < -0.3 is 4.74 Å². The quantitative estimate of drug-likeness (QED) is 0.907. The van der Waals surface area contributed by atoms with Gasteiger partial charge in [0.25, 0.3) is 10.0 Å². The highest BCUT2D eigenvalue weighted by Gasteiger charge is 2.30. The molecule has 0 aromatic heterocycles. The van der Waals surface area contributed by atoms with E-state index in [-0.39, 0.29) is 11.0 Å². The Kier molecular flexibility index (Phi) is 4.57. The predicted octanol–water partition coefficient (Wildman–Crippen LogP) is 2.89. The van der Waals surface area contributed by atoms with E-state index >= 15 is 0 Å². The van der Waals surface area contributed by atoms with Crippen LogP contribution in [0.25, 0.3) is 0 Å². The summed E-state index contributed by atoms with van der Waals surface area (Å²) in [5, 5.41) is 0. The van der Waals surface area contributed by atoms with Crippen molar-refractivity contribution in [3.8, 4) is 5.75 Å². The fraction of sp³-hybridized carbons (Fsp3) is 0.278. The molecule has 1 unspecified atom stereocenters. The molecule has 1 aliphatic heterocycles. The van der Waals surface area contributed by atoms with Crippen LogP contribution in [0.5, 0.6) is 5.75 Å². The molecule has 24 heavy (non-hydrogen) atoms. The molecular weight excluding hydrogens is 324 g/mol. The monoisotopic (exact) mass is 344 g/mol. The summed E-state index contributed by atoms with van der Waals surface area (Å²) in [6.07, 6.45) is 0.663. The topological polar surface area (TPSA) is 67.8 Å². The SMILES string of the molecule is CCC(CN=C1NS(=O)(=O)c2ccccc21)Oc1cccc(C)c1. The minimum atomic E-state index is -3.50. The third-order valence-electron chi connectivity index (χ3n) is 3.86. The molecule has 0 saturated heterocycles. The summed E-state index contributed by atoms with van der Waals surface area (Å²) in [6.45, 7) is 4.42. The molecule has 0 saturated carbocycles. The van der Waals surface area contributed by atoms with Crippen LogP contribution in [0.4, 0.5) is 0 Å². The molecule has 6 heteroatoms. The van der Waals surface area contributed by atoms with Crippen molar-refractivity contribution in [1.29, 1.82) is 0 Å². The molecule has 0 amide bonds. The highest BCUT2D eigenvalue weighted by atomic mass is 32.2. The van der Waals surface area contributed by atoms with E-state index in [0.717, 1.165) is 17.7 Å². The fourth-order valence-electron chi connectivity index (χ4n) is 2.58. The van der Waals surface area contributed by atoms with Gasteiger partial charge in [-0.2, -0.15) is 0 Å². The number of hydrogen-bond acceptors (Lipinski definition) is 4. The largest absolute Gasteiger partial charge is 0.489 e. The van der Waals surface area contributed by atoms with Gasteiger partial charge in [-0.1, -0.05) is 31.2 Å². The van der Waals surface area contributed by atoms with E-state index < -0.39 is 10.0 Å². The molecule has 0 radical (unpaired) electrons. The smallest absolute Gasteiger partial charge is 0.263 e. The molecule has 1 N–H and O–H groups in total. The number of benzene rings is 2. The third-order valence-corrected chi connectivity index (χ3v) is 5.26. The summed E-state index contributed by atoms with van der Waals surface area (Å²) < 4.78 is 32.6. The highest BCUT2D eigenvalue weighted by molar-refractivity contribution is 7.90. The summed E-state index contributed by atoms with van der Waals surface area (Å²) in [6, 6.07) is 14.7. The maximum Gasteiger partial charge on any atom is 0.263 e. The van der Waals surface area contributed by atoms with Crippen molar-refractivity contribution in [2.45, 2.75) is 31.3 Å². The van der Waals surface area contributed by atoms with Gasteiger partial charge in [-0.05, 0) is 43.2 Å². The van der Waals surface area contributed by atoms with Crippen LogP contribution >= 0.6 is 0 Å². The first-order chi connectivity index (χ1) is 11.5. The number of nitrogens with one attached hydrogen (secondary N) is 1. The van der Waals surface area contributed by atoms with Gasteiger partial charge in [0.05, 0.1) is 11.4 Å². The van der Waals surface area contributed by atoms with E-state index in [1.54, 1.807) is 24.3 Å². The number of aliphatic imine (C=N–C) groups is 1. The molecule has 2 aromatic carbocycles. The third kappa shape index (κ3) is 3.43. The van der Waals surface area contributed by atoms with Crippen LogP contribution in [0.2, 0.25) is 0 Å². The van der Waals surface area contributed by atoms with Crippen LogP contribution in [0, 0.1) is 6.92 Å². The first-order valence-corrected chi connectivity index (χ1v) is 9.38. The fourth-order valence-corrected chi connectivity index (χ4v) is 3.83. The van der Waals surface area contributed by atoms with E-state index in [1.165, 1.54) is 0 Å². The van der Waals surface area contributed by atoms with Gasteiger partial charge in [-0.25, -0.2) is 8.42 Å². The molecule has 1 heterocycles. The number of aryl methyl sites for hydroxylation is 1. The van der Waals surface area contributed by atoms with Crippen molar-refractivity contribution < 1.29 is 13.2 Å². The molecule has 1 aliphatic rings. The molecule has 3 rings (SSSR count). The molecule has 0 fully saturated rings. The highest BCUT2D eigenvalue weighted by Crippen LogP contribution is 2.22. The average Bonchev–Trinajstić information content (AvgIpc) is 2.83. The molecule has 126 valence electrons. The van der Waals surface area contributed by atoms with Crippen molar-refractivity contribution in [3.63, 3.8) is 0 Å². The second-order valence-corrected chi connectivity index (χ2v) is 7.41. The van der Waals surface area contributed by atoms with Crippen molar-refractivity contribution in [1.82, 2.24) is 4.72 Å². The predicted molar refractivity (Wildman–Crippen MR) is 94.1 cm³/mol. The van der Waals surface area contributed by atoms with E-state index in [9.17, 15) is 8.42 Å². The van der Waals surface area contributed by atoms with Gasteiger partial charge in [0.1, 0.15) is 17.7 Å². The Hall–Kier alpha value is -2.34. The normalized spacial score (nSPS) is 18.0. The van der Waals surface area contributed by atoms with Gasteiger partial charge in [0.2, 0.25) is 0 Å². The number of hydrogen-bond donors (Lipinski definition) is 1. The minimum Gasteiger partial charge on any atom is -0.489 e. The molecule has 0 spiro atoms. The molecule has 1 atom stereocenters. The molecular formula is C18H20N2O3S. The van der Waals surface area contributed by atoms with E-state index in [4.69, 9.17) is 4.74 Å². The molecule has 0 aliphatic carbocycles. The lowest BCUT2D eigenvalue weighted by Gasteiger charge is -2.16. The first-order valence-electron chi connectivity index (χ1n) is 7.89. The first kappa shape index (κ1) is 16.5. The molecule has 0 bridgehead atoms. The lowest BCUT2D eigenvalue weighted by atomic mass is 10.2. The second kappa shape index (κ2) is 6.65. The molecule has 2 aromatic rings. The van der Waals surface area contributed by atoms with Gasteiger partial charge in [-0.3, -0.25) is 9.71 Å². The zero-order valence-electron chi connectivity index (χ0n) is 13.7. The number of sulfonamides is 1. The average molecular weight is 344 g/mol. The zero-order chi connectivity index (χ0) is 17.2. The Bertz CT molecular complexity index is 875. The molecule has 5 nitrogen and oxygen atoms in total. The number of fused-ring (bicyclic) bond motifs is 1. The number of rotatable bonds is 5. The van der Waals surface area contributed by atoms with Gasteiger partial charge in [0, 0.05) is 5.56 Å². The lowest BCUT2D eigenvalue weighted by molar-refractivity contribution is 0.205. The second-order valence-electron chi connectivity index (χ2n) is 5.76. The van der Waals surface area contributed by atoms with Crippen molar-refractivity contribution in [2.75, 3.05) is 6.54 Å².